The smallest absolute Gasteiger partial charge is 0.316 e. The van der Waals surface area contributed by atoms with Crippen LogP contribution in [0.3, 0.4) is 0 Å². The van der Waals surface area contributed by atoms with Gasteiger partial charge in [-0.05, 0) is 36.4 Å². The fourth-order valence-electron chi connectivity index (χ4n) is 2.21. The van der Waals surface area contributed by atoms with Gasteiger partial charge in [-0.1, -0.05) is 40.2 Å². The highest BCUT2D eigenvalue weighted by molar-refractivity contribution is 6.30. The summed E-state index contributed by atoms with van der Waals surface area (Å²) in [6.07, 6.45) is 1.65. The second-order valence-electron chi connectivity index (χ2n) is 5.27. The molecule has 8 nitrogen and oxygen atoms in total. The van der Waals surface area contributed by atoms with E-state index in [0.29, 0.717) is 16.4 Å². The molecule has 1 amide bonds. The molecule has 2 aromatic carbocycles. The Bertz CT molecular complexity index is 1040. The van der Waals surface area contributed by atoms with Crippen LogP contribution in [-0.2, 0) is 0 Å². The summed E-state index contributed by atoms with van der Waals surface area (Å²) in [5.74, 6) is -0.529. The standard InChI is InChI=1S/C17H11ClN6O2/c18-11-6-8-12(9-7-11)19-16(25)17-20-15(22-26-17)14-10-24(23-21-14)13-4-2-1-3-5-13/h1-10H,(H,19,25). The van der Waals surface area contributed by atoms with Gasteiger partial charge in [-0.15, -0.1) is 5.10 Å². The van der Waals surface area contributed by atoms with Gasteiger partial charge in [0.15, 0.2) is 5.69 Å². The minimum Gasteiger partial charge on any atom is -0.328 e. The van der Waals surface area contributed by atoms with Crippen LogP contribution in [0.4, 0.5) is 5.69 Å². The molecule has 128 valence electrons. The van der Waals surface area contributed by atoms with E-state index in [-0.39, 0.29) is 11.7 Å². The molecule has 1 N–H and O–H groups in total. The molecule has 0 saturated heterocycles. The Balaban J connectivity index is 1.52. The van der Waals surface area contributed by atoms with Crippen molar-refractivity contribution in [2.45, 2.75) is 0 Å². The van der Waals surface area contributed by atoms with E-state index in [1.165, 1.54) is 0 Å². The van der Waals surface area contributed by atoms with E-state index in [1.54, 1.807) is 35.1 Å². The van der Waals surface area contributed by atoms with Crippen molar-refractivity contribution >= 4 is 23.2 Å². The van der Waals surface area contributed by atoms with Gasteiger partial charge in [0.05, 0.1) is 11.9 Å². The Labute approximate surface area is 152 Å². The summed E-state index contributed by atoms with van der Waals surface area (Å²) >= 11 is 5.81. The third-order valence-electron chi connectivity index (χ3n) is 3.47. The number of amides is 1. The van der Waals surface area contributed by atoms with Crippen molar-refractivity contribution in [2.24, 2.45) is 0 Å². The first-order chi connectivity index (χ1) is 12.7. The van der Waals surface area contributed by atoms with Crippen LogP contribution < -0.4 is 5.32 Å². The summed E-state index contributed by atoms with van der Waals surface area (Å²) in [7, 11) is 0. The van der Waals surface area contributed by atoms with Gasteiger partial charge in [0, 0.05) is 10.7 Å². The molecular formula is C17H11ClN6O2. The average molecular weight is 367 g/mol. The molecule has 0 saturated carbocycles. The van der Waals surface area contributed by atoms with Crippen molar-refractivity contribution in [2.75, 3.05) is 5.32 Å². The van der Waals surface area contributed by atoms with Crippen molar-refractivity contribution < 1.29 is 9.32 Å². The lowest BCUT2D eigenvalue weighted by Crippen LogP contribution is -2.12. The first-order valence-electron chi connectivity index (χ1n) is 7.58. The zero-order chi connectivity index (χ0) is 17.9. The Morgan fingerprint density at radius 1 is 1.08 bits per heavy atom. The number of halogens is 1. The van der Waals surface area contributed by atoms with Gasteiger partial charge in [-0.3, -0.25) is 4.79 Å². The number of hydrogen-bond acceptors (Lipinski definition) is 6. The quantitative estimate of drug-likeness (QED) is 0.595. The van der Waals surface area contributed by atoms with E-state index in [0.717, 1.165) is 5.69 Å². The van der Waals surface area contributed by atoms with E-state index in [4.69, 9.17) is 16.1 Å². The van der Waals surface area contributed by atoms with E-state index >= 15 is 0 Å². The molecule has 0 aliphatic heterocycles. The van der Waals surface area contributed by atoms with E-state index in [2.05, 4.69) is 25.8 Å². The molecule has 0 fully saturated rings. The maximum atomic E-state index is 12.2. The van der Waals surface area contributed by atoms with Crippen molar-refractivity contribution in [3.63, 3.8) is 0 Å². The number of benzene rings is 2. The zero-order valence-electron chi connectivity index (χ0n) is 13.2. The van der Waals surface area contributed by atoms with Gasteiger partial charge in [0.1, 0.15) is 0 Å². The normalized spacial score (nSPS) is 10.7. The Morgan fingerprint density at radius 3 is 2.62 bits per heavy atom. The second-order valence-corrected chi connectivity index (χ2v) is 5.70. The summed E-state index contributed by atoms with van der Waals surface area (Å²) in [5, 5.41) is 15.0. The molecule has 4 rings (SSSR count). The first kappa shape index (κ1) is 16.0. The lowest BCUT2D eigenvalue weighted by atomic mass is 10.3. The molecule has 26 heavy (non-hydrogen) atoms. The van der Waals surface area contributed by atoms with Crippen LogP contribution in [0.1, 0.15) is 10.7 Å². The molecule has 0 aliphatic carbocycles. The third-order valence-corrected chi connectivity index (χ3v) is 3.72. The molecular weight excluding hydrogens is 356 g/mol. The molecule has 0 atom stereocenters. The molecule has 2 heterocycles. The van der Waals surface area contributed by atoms with Crippen molar-refractivity contribution in [3.05, 3.63) is 71.7 Å². The van der Waals surface area contributed by atoms with E-state index in [9.17, 15) is 4.79 Å². The third kappa shape index (κ3) is 3.31. The Morgan fingerprint density at radius 2 is 1.85 bits per heavy atom. The average Bonchev–Trinajstić information content (AvgIpc) is 3.34. The Kier molecular flexibility index (Phi) is 4.16. The van der Waals surface area contributed by atoms with Crippen molar-refractivity contribution in [1.29, 1.82) is 0 Å². The highest BCUT2D eigenvalue weighted by atomic mass is 35.5. The zero-order valence-corrected chi connectivity index (χ0v) is 14.0. The minimum atomic E-state index is -0.526. The maximum absolute atomic E-state index is 12.2. The molecule has 0 radical (unpaired) electrons. The number of hydrogen-bond donors (Lipinski definition) is 1. The highest BCUT2D eigenvalue weighted by Gasteiger charge is 2.18. The summed E-state index contributed by atoms with van der Waals surface area (Å²) < 4.78 is 6.60. The van der Waals surface area contributed by atoms with Crippen LogP contribution >= 0.6 is 11.6 Å². The van der Waals surface area contributed by atoms with Gasteiger partial charge in [0.2, 0.25) is 5.82 Å². The largest absolute Gasteiger partial charge is 0.328 e. The topological polar surface area (TPSA) is 98.7 Å². The van der Waals surface area contributed by atoms with Gasteiger partial charge in [-0.25, -0.2) is 4.68 Å². The fourth-order valence-corrected chi connectivity index (χ4v) is 2.34. The predicted molar refractivity (Wildman–Crippen MR) is 94.1 cm³/mol. The number of anilines is 1. The van der Waals surface area contributed by atoms with Crippen LogP contribution in [0.15, 0.2) is 65.3 Å². The molecule has 2 aromatic heterocycles. The lowest BCUT2D eigenvalue weighted by molar-refractivity contribution is 0.0981. The van der Waals surface area contributed by atoms with Crippen LogP contribution in [0.25, 0.3) is 17.2 Å². The van der Waals surface area contributed by atoms with Crippen LogP contribution in [0.2, 0.25) is 5.02 Å². The second kappa shape index (κ2) is 6.77. The van der Waals surface area contributed by atoms with Gasteiger partial charge >= 0.3 is 11.8 Å². The van der Waals surface area contributed by atoms with Gasteiger partial charge in [-0.2, -0.15) is 4.98 Å². The van der Waals surface area contributed by atoms with Gasteiger partial charge < -0.3 is 9.84 Å². The molecule has 0 unspecified atom stereocenters. The maximum Gasteiger partial charge on any atom is 0.316 e. The number of carbonyl (C=O) groups excluding carboxylic acids is 1. The fraction of sp³-hybridized carbons (Fsp3) is 0. The number of nitrogens with one attached hydrogen (secondary N) is 1. The van der Waals surface area contributed by atoms with Crippen LogP contribution in [0, 0.1) is 0 Å². The highest BCUT2D eigenvalue weighted by Crippen LogP contribution is 2.17. The van der Waals surface area contributed by atoms with Crippen LogP contribution in [0.5, 0.6) is 0 Å². The summed E-state index contributed by atoms with van der Waals surface area (Å²) in [6, 6.07) is 16.1. The van der Waals surface area contributed by atoms with Crippen molar-refractivity contribution in [1.82, 2.24) is 25.1 Å². The van der Waals surface area contributed by atoms with Crippen molar-refractivity contribution in [3.8, 4) is 17.2 Å². The molecule has 0 spiro atoms. The predicted octanol–water partition coefficient (Wildman–Crippen LogP) is 3.22. The van der Waals surface area contributed by atoms with E-state index < -0.39 is 5.91 Å². The molecule has 0 bridgehead atoms. The summed E-state index contributed by atoms with van der Waals surface area (Å²) in [4.78, 5) is 16.3. The van der Waals surface area contributed by atoms with E-state index in [1.807, 2.05) is 30.3 Å². The van der Waals surface area contributed by atoms with Crippen LogP contribution in [-0.4, -0.2) is 31.0 Å². The molecule has 4 aromatic rings. The summed E-state index contributed by atoms with van der Waals surface area (Å²) in [5.41, 5.74) is 1.80. The number of carbonyl (C=O) groups is 1. The summed E-state index contributed by atoms with van der Waals surface area (Å²) in [6.45, 7) is 0. The Hall–Kier alpha value is -3.52. The number of aromatic nitrogens is 5. The minimum absolute atomic E-state index is 0.174. The van der Waals surface area contributed by atoms with Gasteiger partial charge in [0.25, 0.3) is 0 Å². The number of para-hydroxylation sites is 1. The lowest BCUT2D eigenvalue weighted by Gasteiger charge is -2.01. The number of rotatable bonds is 4. The SMILES string of the molecule is O=C(Nc1ccc(Cl)cc1)c1nc(-c2cn(-c3ccccc3)nn2)no1. The number of nitrogens with zero attached hydrogens (tertiary/aromatic N) is 5. The molecule has 9 heteroatoms. The molecule has 0 aliphatic rings. The first-order valence-corrected chi connectivity index (χ1v) is 7.95. The monoisotopic (exact) mass is 366 g/mol.